The number of carbonyl (C=O) groups is 2. The first-order chi connectivity index (χ1) is 10.4. The number of halogens is 1. The molecule has 0 heterocycles. The fourth-order valence-corrected chi connectivity index (χ4v) is 2.35. The monoisotopic (exact) mass is 457 g/mol. The Labute approximate surface area is 155 Å². The third-order valence-electron chi connectivity index (χ3n) is 3.05. The van der Waals surface area contributed by atoms with Crippen LogP contribution in [0.5, 0.6) is 0 Å². The summed E-state index contributed by atoms with van der Waals surface area (Å²) in [5.41, 5.74) is 0.173. The summed E-state index contributed by atoms with van der Waals surface area (Å²) in [4.78, 5) is 23.2. The van der Waals surface area contributed by atoms with E-state index in [-0.39, 0.29) is 29.4 Å². The molecule has 0 aliphatic rings. The van der Waals surface area contributed by atoms with Gasteiger partial charge in [-0.1, -0.05) is 36.3 Å². The van der Waals surface area contributed by atoms with Crippen molar-refractivity contribution in [2.45, 2.75) is 58.8 Å². The van der Waals surface area contributed by atoms with Gasteiger partial charge in [0.1, 0.15) is 12.7 Å². The summed E-state index contributed by atoms with van der Waals surface area (Å²) in [5, 5.41) is 2.61. The Hall–Kier alpha value is -0.440. The number of rotatable bonds is 8. The normalized spacial score (nSPS) is 13.2. The van der Waals surface area contributed by atoms with Crippen LogP contribution in [0.2, 0.25) is 0 Å². The van der Waals surface area contributed by atoms with E-state index >= 15 is 0 Å². The first kappa shape index (κ1) is 22.6. The lowest BCUT2D eigenvalue weighted by atomic mass is 9.84. The Morgan fingerprint density at radius 3 is 2.26 bits per heavy atom. The molecule has 1 amide bonds. The van der Waals surface area contributed by atoms with E-state index in [0.717, 1.165) is 6.42 Å². The lowest BCUT2D eigenvalue weighted by molar-refractivity contribution is -0.138. The zero-order chi connectivity index (χ0) is 18.3. The highest BCUT2D eigenvalue weighted by Crippen LogP contribution is 2.39. The first-order valence-electron chi connectivity index (χ1n) is 7.46. The Balaban J connectivity index is 4.40. The number of hydrogen-bond acceptors (Lipinski definition) is 5. The van der Waals surface area contributed by atoms with Gasteiger partial charge in [-0.3, -0.25) is 0 Å². The van der Waals surface area contributed by atoms with Crippen molar-refractivity contribution in [3.8, 4) is 0 Å². The van der Waals surface area contributed by atoms with Gasteiger partial charge in [0.05, 0.1) is 6.54 Å². The minimum atomic E-state index is -0.495. The molecule has 0 aromatic carbocycles. The van der Waals surface area contributed by atoms with E-state index in [1.54, 1.807) is 15.9 Å². The van der Waals surface area contributed by atoms with Crippen molar-refractivity contribution in [2.24, 2.45) is 5.41 Å². The van der Waals surface area contributed by atoms with Gasteiger partial charge in [0.15, 0.2) is 0 Å². The standard InChI is InChI=1S/C16H28INO4S/c1-11(2)13(19)21-9-8-18-14(20)22-12(15(3,4)5)10-16(6,7)23-17/h12H,1,8-10H2,2-7H3,(H,18,20). The highest BCUT2D eigenvalue weighted by molar-refractivity contribution is 14.2. The molecule has 0 saturated carbocycles. The smallest absolute Gasteiger partial charge is 0.407 e. The van der Waals surface area contributed by atoms with Crippen LogP contribution < -0.4 is 5.32 Å². The average molecular weight is 457 g/mol. The second-order valence-corrected chi connectivity index (χ2v) is 9.72. The SMILES string of the molecule is C=C(C)C(=O)OCCNC(=O)OC(CC(C)(C)SI)C(C)(C)C. The Morgan fingerprint density at radius 2 is 1.83 bits per heavy atom. The summed E-state index contributed by atoms with van der Waals surface area (Å²) in [6.07, 6.45) is 0.0469. The summed E-state index contributed by atoms with van der Waals surface area (Å²) in [7, 11) is 1.72. The first-order valence-corrected chi connectivity index (χ1v) is 10.8. The van der Waals surface area contributed by atoms with Crippen LogP contribution in [0.4, 0.5) is 4.79 Å². The molecule has 0 radical (unpaired) electrons. The molecule has 1 unspecified atom stereocenters. The Kier molecular flexibility index (Phi) is 9.57. The molecule has 0 aromatic heterocycles. The molecule has 1 atom stereocenters. The Morgan fingerprint density at radius 1 is 1.26 bits per heavy atom. The van der Waals surface area contributed by atoms with Crippen LogP contribution in [0.25, 0.3) is 0 Å². The molecule has 0 fully saturated rings. The van der Waals surface area contributed by atoms with Crippen molar-refractivity contribution in [1.82, 2.24) is 5.32 Å². The minimum absolute atomic E-state index is 0.00973. The van der Waals surface area contributed by atoms with Crippen LogP contribution in [0.3, 0.4) is 0 Å². The molecule has 0 bridgehead atoms. The van der Waals surface area contributed by atoms with Crippen LogP contribution in [-0.4, -0.2) is 36.1 Å². The van der Waals surface area contributed by atoms with Gasteiger partial charge in [-0.15, -0.1) is 0 Å². The molecule has 5 nitrogen and oxygen atoms in total. The molecule has 7 heteroatoms. The third kappa shape index (κ3) is 10.1. The van der Waals surface area contributed by atoms with Gasteiger partial charge in [-0.25, -0.2) is 9.59 Å². The van der Waals surface area contributed by atoms with Crippen molar-refractivity contribution in [1.29, 1.82) is 0 Å². The van der Waals surface area contributed by atoms with Crippen molar-refractivity contribution in [2.75, 3.05) is 13.2 Å². The molecular formula is C16H28INO4S. The number of alkyl carbamates (subject to hydrolysis) is 1. The summed E-state index contributed by atoms with van der Waals surface area (Å²) in [5.74, 6) is -0.464. The van der Waals surface area contributed by atoms with Crippen molar-refractivity contribution in [3.63, 3.8) is 0 Å². The maximum absolute atomic E-state index is 12.0. The van der Waals surface area contributed by atoms with Gasteiger partial charge < -0.3 is 14.8 Å². The van der Waals surface area contributed by atoms with Crippen LogP contribution in [0.1, 0.15) is 48.0 Å². The molecule has 0 rings (SSSR count). The zero-order valence-corrected chi connectivity index (χ0v) is 17.8. The number of nitrogens with one attached hydrogen (secondary N) is 1. The van der Waals surface area contributed by atoms with Gasteiger partial charge in [0.2, 0.25) is 0 Å². The average Bonchev–Trinajstić information content (AvgIpc) is 2.41. The molecule has 0 aromatic rings. The molecule has 23 heavy (non-hydrogen) atoms. The fourth-order valence-electron chi connectivity index (χ4n) is 1.59. The van der Waals surface area contributed by atoms with E-state index in [1.165, 1.54) is 0 Å². The van der Waals surface area contributed by atoms with Gasteiger partial charge in [-0.2, -0.15) is 0 Å². The maximum Gasteiger partial charge on any atom is 0.407 e. The summed E-state index contributed by atoms with van der Waals surface area (Å²) < 4.78 is 10.5. The quantitative estimate of drug-likeness (QED) is 0.252. The zero-order valence-electron chi connectivity index (χ0n) is 14.8. The lowest BCUT2D eigenvalue weighted by Gasteiger charge is -2.35. The van der Waals surface area contributed by atoms with Crippen molar-refractivity contribution < 1.29 is 19.1 Å². The van der Waals surface area contributed by atoms with Crippen LogP contribution >= 0.6 is 30.1 Å². The predicted molar refractivity (Wildman–Crippen MR) is 104 cm³/mol. The number of ether oxygens (including phenoxy) is 2. The van der Waals surface area contributed by atoms with Crippen molar-refractivity contribution in [3.05, 3.63) is 12.2 Å². The molecule has 0 saturated heterocycles. The fraction of sp³-hybridized carbons (Fsp3) is 0.750. The van der Waals surface area contributed by atoms with Gasteiger partial charge in [0, 0.05) is 10.3 Å². The number of hydrogen-bond donors (Lipinski definition) is 1. The highest BCUT2D eigenvalue weighted by Gasteiger charge is 2.34. The van der Waals surface area contributed by atoms with Gasteiger partial charge in [-0.05, 0) is 53.8 Å². The molecular weight excluding hydrogens is 429 g/mol. The van der Waals surface area contributed by atoms with E-state index in [4.69, 9.17) is 9.47 Å². The van der Waals surface area contributed by atoms with Crippen LogP contribution in [0, 0.1) is 5.41 Å². The van der Waals surface area contributed by atoms with E-state index in [0.29, 0.717) is 5.57 Å². The predicted octanol–water partition coefficient (Wildman–Crippen LogP) is 4.50. The largest absolute Gasteiger partial charge is 0.460 e. The molecule has 1 N–H and O–H groups in total. The molecule has 134 valence electrons. The number of amides is 1. The lowest BCUT2D eigenvalue weighted by Crippen LogP contribution is -2.40. The minimum Gasteiger partial charge on any atom is -0.460 e. The van der Waals surface area contributed by atoms with E-state index in [9.17, 15) is 9.59 Å². The second kappa shape index (κ2) is 9.76. The Bertz CT molecular complexity index is 432. The van der Waals surface area contributed by atoms with Crippen LogP contribution in [0.15, 0.2) is 12.2 Å². The summed E-state index contributed by atoms with van der Waals surface area (Å²) >= 11 is 2.27. The van der Waals surface area contributed by atoms with Gasteiger partial charge >= 0.3 is 12.1 Å². The number of esters is 1. The highest BCUT2D eigenvalue weighted by atomic mass is 127. The van der Waals surface area contributed by atoms with E-state index in [2.05, 4.69) is 46.9 Å². The molecule has 0 aliphatic heterocycles. The number of carbonyl (C=O) groups excluding carboxylic acids is 2. The van der Waals surface area contributed by atoms with Crippen LogP contribution in [-0.2, 0) is 14.3 Å². The second-order valence-electron chi connectivity index (χ2n) is 7.14. The maximum atomic E-state index is 12.0. The topological polar surface area (TPSA) is 64.6 Å². The van der Waals surface area contributed by atoms with E-state index in [1.807, 2.05) is 20.8 Å². The third-order valence-corrected chi connectivity index (χ3v) is 7.22. The van der Waals surface area contributed by atoms with Gasteiger partial charge in [0.25, 0.3) is 0 Å². The van der Waals surface area contributed by atoms with E-state index < -0.39 is 12.1 Å². The van der Waals surface area contributed by atoms with Crippen molar-refractivity contribution >= 4 is 42.2 Å². The molecule has 0 spiro atoms. The summed E-state index contributed by atoms with van der Waals surface area (Å²) in [6, 6.07) is 0. The summed E-state index contributed by atoms with van der Waals surface area (Å²) in [6.45, 7) is 15.8. The molecule has 0 aliphatic carbocycles.